The van der Waals surface area contributed by atoms with Crippen LogP contribution in [-0.4, -0.2) is 44.2 Å². The molecule has 1 amide bonds. The van der Waals surface area contributed by atoms with Gasteiger partial charge in [-0.1, -0.05) is 0 Å². The van der Waals surface area contributed by atoms with Crippen LogP contribution in [-0.2, 0) is 24.3 Å². The number of hydrogen-bond acceptors (Lipinski definition) is 5. The first-order valence-corrected chi connectivity index (χ1v) is 9.14. The normalized spacial score (nSPS) is 20.3. The molecule has 1 saturated carbocycles. The molecule has 0 saturated heterocycles. The van der Waals surface area contributed by atoms with E-state index in [-0.39, 0.29) is 5.91 Å². The second-order valence-corrected chi connectivity index (χ2v) is 7.14. The van der Waals surface area contributed by atoms with Gasteiger partial charge in [0.15, 0.2) is 0 Å². The fourth-order valence-corrected chi connectivity index (χ4v) is 3.78. The molecular formula is C16H21N5OS. The van der Waals surface area contributed by atoms with Crippen molar-refractivity contribution in [2.75, 3.05) is 6.54 Å². The summed E-state index contributed by atoms with van der Waals surface area (Å²) in [6.45, 7) is 1.96. The number of nitrogens with one attached hydrogen (secondary N) is 1. The highest BCUT2D eigenvalue weighted by molar-refractivity contribution is 7.07. The molecule has 2 aromatic rings. The maximum Gasteiger partial charge on any atom is 0.237 e. The van der Waals surface area contributed by atoms with E-state index < -0.39 is 0 Å². The second-order valence-electron chi connectivity index (χ2n) is 6.36. The lowest BCUT2D eigenvalue weighted by Gasteiger charge is -2.26. The third-order valence-electron chi connectivity index (χ3n) is 4.59. The molecule has 4 rings (SSSR count). The first kappa shape index (κ1) is 14.8. The van der Waals surface area contributed by atoms with Gasteiger partial charge in [-0.15, -0.1) is 0 Å². The maximum absolute atomic E-state index is 12.6. The average molecular weight is 331 g/mol. The number of thiophene rings is 1. The second kappa shape index (κ2) is 6.41. The van der Waals surface area contributed by atoms with Crippen molar-refractivity contribution < 1.29 is 4.79 Å². The lowest BCUT2D eigenvalue weighted by molar-refractivity contribution is -0.131. The standard InChI is InChI=1S/C16H21N5OS/c22-16(20(14-2-3-14)8-12-5-6-23-10-12)7-17-13-1-4-15-18-11-19-21(15)9-13/h5-6,10-11,13-14,17H,1-4,7-9H2/t13-/m0/s1. The third-order valence-corrected chi connectivity index (χ3v) is 5.32. The molecule has 1 aliphatic carbocycles. The number of amides is 1. The summed E-state index contributed by atoms with van der Waals surface area (Å²) in [7, 11) is 0. The van der Waals surface area contributed by atoms with Gasteiger partial charge in [-0.25, -0.2) is 9.67 Å². The molecule has 2 aromatic heterocycles. The molecule has 3 heterocycles. The van der Waals surface area contributed by atoms with Crippen LogP contribution in [0, 0.1) is 0 Å². The Morgan fingerprint density at radius 2 is 2.35 bits per heavy atom. The summed E-state index contributed by atoms with van der Waals surface area (Å²) in [6, 6.07) is 2.85. The Morgan fingerprint density at radius 3 is 3.13 bits per heavy atom. The first-order valence-electron chi connectivity index (χ1n) is 8.20. The topological polar surface area (TPSA) is 63.1 Å². The molecule has 2 aliphatic rings. The van der Waals surface area contributed by atoms with Crippen LogP contribution in [0.1, 0.15) is 30.7 Å². The van der Waals surface area contributed by atoms with Gasteiger partial charge in [-0.3, -0.25) is 4.79 Å². The Labute approximate surface area is 139 Å². The van der Waals surface area contributed by atoms with E-state index in [1.54, 1.807) is 17.7 Å². The quantitative estimate of drug-likeness (QED) is 0.870. The van der Waals surface area contributed by atoms with Crippen molar-refractivity contribution in [3.63, 3.8) is 0 Å². The zero-order chi connectivity index (χ0) is 15.6. The highest BCUT2D eigenvalue weighted by Gasteiger charge is 2.32. The van der Waals surface area contributed by atoms with Crippen LogP contribution < -0.4 is 5.32 Å². The first-order chi connectivity index (χ1) is 11.3. The van der Waals surface area contributed by atoms with Crippen LogP contribution in [0.15, 0.2) is 23.2 Å². The molecule has 1 atom stereocenters. The molecule has 0 bridgehead atoms. The Balaban J connectivity index is 1.32. The van der Waals surface area contributed by atoms with Crippen molar-refractivity contribution in [1.29, 1.82) is 0 Å². The molecule has 122 valence electrons. The summed E-state index contributed by atoms with van der Waals surface area (Å²) in [5.41, 5.74) is 1.24. The molecule has 0 spiro atoms. The highest BCUT2D eigenvalue weighted by atomic mass is 32.1. The van der Waals surface area contributed by atoms with Crippen molar-refractivity contribution in [3.8, 4) is 0 Å². The van der Waals surface area contributed by atoms with E-state index in [4.69, 9.17) is 0 Å². The van der Waals surface area contributed by atoms with Crippen molar-refractivity contribution in [2.45, 2.75) is 50.9 Å². The molecule has 0 unspecified atom stereocenters. The summed E-state index contributed by atoms with van der Waals surface area (Å²) in [5.74, 6) is 1.26. The van der Waals surface area contributed by atoms with Crippen LogP contribution in [0.5, 0.6) is 0 Å². The number of rotatable bonds is 6. The predicted molar refractivity (Wildman–Crippen MR) is 88.0 cm³/mol. The number of carbonyl (C=O) groups excluding carboxylic acids is 1. The number of nitrogens with zero attached hydrogens (tertiary/aromatic N) is 4. The average Bonchev–Trinajstić information content (AvgIpc) is 3.08. The Kier molecular flexibility index (Phi) is 4.13. The molecule has 1 N–H and O–H groups in total. The van der Waals surface area contributed by atoms with Crippen molar-refractivity contribution in [2.24, 2.45) is 0 Å². The van der Waals surface area contributed by atoms with Gasteiger partial charge < -0.3 is 10.2 Å². The van der Waals surface area contributed by atoms with Crippen LogP contribution in [0.4, 0.5) is 0 Å². The number of hydrogen-bond donors (Lipinski definition) is 1. The lowest BCUT2D eigenvalue weighted by Crippen LogP contribution is -2.45. The highest BCUT2D eigenvalue weighted by Crippen LogP contribution is 2.28. The lowest BCUT2D eigenvalue weighted by atomic mass is 10.1. The van der Waals surface area contributed by atoms with Gasteiger partial charge in [0.25, 0.3) is 0 Å². The molecule has 1 aliphatic heterocycles. The van der Waals surface area contributed by atoms with E-state index >= 15 is 0 Å². The smallest absolute Gasteiger partial charge is 0.237 e. The van der Waals surface area contributed by atoms with E-state index in [0.29, 0.717) is 18.6 Å². The third kappa shape index (κ3) is 3.45. The van der Waals surface area contributed by atoms with Gasteiger partial charge in [-0.05, 0) is 41.7 Å². The van der Waals surface area contributed by atoms with E-state index in [1.807, 2.05) is 9.58 Å². The maximum atomic E-state index is 12.6. The summed E-state index contributed by atoms with van der Waals surface area (Å²) < 4.78 is 1.94. The number of carbonyl (C=O) groups is 1. The Morgan fingerprint density at radius 1 is 1.43 bits per heavy atom. The van der Waals surface area contributed by atoms with Gasteiger partial charge in [-0.2, -0.15) is 16.4 Å². The summed E-state index contributed by atoms with van der Waals surface area (Å²) in [6.07, 6.45) is 5.83. The van der Waals surface area contributed by atoms with Gasteiger partial charge in [0.05, 0.1) is 13.1 Å². The minimum absolute atomic E-state index is 0.211. The zero-order valence-corrected chi connectivity index (χ0v) is 13.8. The van der Waals surface area contributed by atoms with Gasteiger partial charge in [0.1, 0.15) is 12.2 Å². The van der Waals surface area contributed by atoms with E-state index in [1.165, 1.54) is 5.56 Å². The number of aromatic nitrogens is 3. The largest absolute Gasteiger partial charge is 0.334 e. The molecule has 1 fully saturated rings. The number of aryl methyl sites for hydroxylation is 1. The summed E-state index contributed by atoms with van der Waals surface area (Å²) >= 11 is 1.69. The molecular weight excluding hydrogens is 310 g/mol. The van der Waals surface area contributed by atoms with Crippen LogP contribution in [0.3, 0.4) is 0 Å². The molecule has 0 aromatic carbocycles. The van der Waals surface area contributed by atoms with Gasteiger partial charge in [0, 0.05) is 25.0 Å². The molecule has 0 radical (unpaired) electrons. The van der Waals surface area contributed by atoms with Crippen molar-refractivity contribution >= 4 is 17.2 Å². The fourth-order valence-electron chi connectivity index (χ4n) is 3.12. The number of fused-ring (bicyclic) bond motifs is 1. The minimum atomic E-state index is 0.211. The molecule has 23 heavy (non-hydrogen) atoms. The van der Waals surface area contributed by atoms with Crippen LogP contribution in [0.25, 0.3) is 0 Å². The fraction of sp³-hybridized carbons (Fsp3) is 0.562. The van der Waals surface area contributed by atoms with E-state index in [2.05, 4.69) is 32.2 Å². The van der Waals surface area contributed by atoms with Gasteiger partial charge >= 0.3 is 0 Å². The minimum Gasteiger partial charge on any atom is -0.334 e. The van der Waals surface area contributed by atoms with Crippen molar-refractivity contribution in [1.82, 2.24) is 25.0 Å². The molecule has 6 nitrogen and oxygen atoms in total. The van der Waals surface area contributed by atoms with E-state index in [0.717, 1.165) is 44.6 Å². The Bertz CT molecular complexity index is 664. The van der Waals surface area contributed by atoms with E-state index in [9.17, 15) is 4.79 Å². The van der Waals surface area contributed by atoms with Gasteiger partial charge in [0.2, 0.25) is 5.91 Å². The zero-order valence-electron chi connectivity index (χ0n) is 13.0. The predicted octanol–water partition coefficient (Wildman–Crippen LogP) is 1.44. The summed E-state index contributed by atoms with van der Waals surface area (Å²) in [5, 5.41) is 11.8. The van der Waals surface area contributed by atoms with Crippen molar-refractivity contribution in [3.05, 3.63) is 34.5 Å². The van der Waals surface area contributed by atoms with Crippen LogP contribution in [0.2, 0.25) is 0 Å². The Hall–Kier alpha value is -1.73. The van der Waals surface area contributed by atoms with Crippen LogP contribution >= 0.6 is 11.3 Å². The summed E-state index contributed by atoms with van der Waals surface area (Å²) in [4.78, 5) is 18.9. The molecule has 7 heteroatoms. The monoisotopic (exact) mass is 331 g/mol. The SMILES string of the molecule is O=C(CN[C@H]1CCc2ncnn2C1)N(Cc1ccsc1)C1CC1.